The third kappa shape index (κ3) is 3.70. The monoisotopic (exact) mass is 407 g/mol. The summed E-state index contributed by atoms with van der Waals surface area (Å²) in [6, 6.07) is 7.76. The minimum Gasteiger partial charge on any atom is -0.321 e. The van der Waals surface area contributed by atoms with Gasteiger partial charge in [-0.3, -0.25) is 18.8 Å². The Balaban J connectivity index is 1.55. The van der Waals surface area contributed by atoms with Crippen LogP contribution in [0.4, 0.5) is 11.4 Å². The molecule has 1 atom stereocenters. The molecule has 0 radical (unpaired) electrons. The number of aryl methyl sites for hydroxylation is 2. The Hall–Kier alpha value is -3.49. The van der Waals surface area contributed by atoms with Crippen LogP contribution in [-0.2, 0) is 16.1 Å². The van der Waals surface area contributed by atoms with Crippen molar-refractivity contribution < 1.29 is 9.59 Å². The van der Waals surface area contributed by atoms with Gasteiger partial charge in [-0.1, -0.05) is 24.6 Å². The highest BCUT2D eigenvalue weighted by molar-refractivity contribution is 6.04. The third-order valence-electron chi connectivity index (χ3n) is 5.38. The molecular formula is C21H25N7O2. The SMILES string of the molecule is CCCn1nc(-n2cnnc2)c(NC(=O)C2CC(=O)N(c3ccc(C)cc3)C2)c1C. The largest absolute Gasteiger partial charge is 0.321 e. The van der Waals surface area contributed by atoms with E-state index in [0.29, 0.717) is 18.1 Å². The smallest absolute Gasteiger partial charge is 0.229 e. The van der Waals surface area contributed by atoms with Crippen molar-refractivity contribution in [2.45, 2.75) is 40.2 Å². The van der Waals surface area contributed by atoms with Crippen LogP contribution in [0.25, 0.3) is 5.82 Å². The fourth-order valence-electron chi connectivity index (χ4n) is 3.68. The summed E-state index contributed by atoms with van der Waals surface area (Å²) < 4.78 is 3.54. The van der Waals surface area contributed by atoms with Gasteiger partial charge in [0, 0.05) is 25.2 Å². The molecule has 9 nitrogen and oxygen atoms in total. The molecule has 3 heterocycles. The maximum Gasteiger partial charge on any atom is 0.229 e. The molecule has 0 bridgehead atoms. The Bertz CT molecular complexity index is 1050. The number of rotatable bonds is 6. The summed E-state index contributed by atoms with van der Waals surface area (Å²) in [5, 5.41) is 15.3. The average molecular weight is 407 g/mol. The summed E-state index contributed by atoms with van der Waals surface area (Å²) in [5.41, 5.74) is 3.42. The highest BCUT2D eigenvalue weighted by Gasteiger charge is 2.36. The lowest BCUT2D eigenvalue weighted by Crippen LogP contribution is -2.28. The number of hydrogen-bond donors (Lipinski definition) is 1. The topological polar surface area (TPSA) is 97.9 Å². The number of hydrogen-bond acceptors (Lipinski definition) is 5. The van der Waals surface area contributed by atoms with E-state index in [9.17, 15) is 9.59 Å². The zero-order valence-electron chi connectivity index (χ0n) is 17.4. The molecule has 2 aromatic heterocycles. The van der Waals surface area contributed by atoms with Crippen LogP contribution < -0.4 is 10.2 Å². The molecule has 1 aromatic carbocycles. The van der Waals surface area contributed by atoms with Crippen LogP contribution in [0.2, 0.25) is 0 Å². The fourth-order valence-corrected chi connectivity index (χ4v) is 3.68. The summed E-state index contributed by atoms with van der Waals surface area (Å²) in [7, 11) is 0. The van der Waals surface area contributed by atoms with Gasteiger partial charge in [0.2, 0.25) is 11.8 Å². The minimum atomic E-state index is -0.429. The highest BCUT2D eigenvalue weighted by atomic mass is 16.2. The number of nitrogens with one attached hydrogen (secondary N) is 1. The van der Waals surface area contributed by atoms with E-state index >= 15 is 0 Å². The van der Waals surface area contributed by atoms with Gasteiger partial charge in [-0.05, 0) is 32.4 Å². The van der Waals surface area contributed by atoms with E-state index in [2.05, 4.69) is 27.5 Å². The van der Waals surface area contributed by atoms with E-state index in [0.717, 1.165) is 29.9 Å². The van der Waals surface area contributed by atoms with Gasteiger partial charge in [0.15, 0.2) is 5.82 Å². The predicted octanol–water partition coefficient (Wildman–Crippen LogP) is 2.48. The number of carbonyl (C=O) groups is 2. The van der Waals surface area contributed by atoms with Crippen molar-refractivity contribution in [3.05, 3.63) is 48.2 Å². The Kier molecular flexibility index (Phi) is 5.35. The molecule has 3 aromatic rings. The second-order valence-corrected chi connectivity index (χ2v) is 7.61. The molecular weight excluding hydrogens is 382 g/mol. The van der Waals surface area contributed by atoms with Gasteiger partial charge in [-0.2, -0.15) is 5.10 Å². The summed E-state index contributed by atoms with van der Waals surface area (Å²) in [4.78, 5) is 27.3. The quantitative estimate of drug-likeness (QED) is 0.677. The maximum atomic E-state index is 13.1. The molecule has 1 unspecified atom stereocenters. The standard InChI is InChI=1S/C21H25N7O2/c1-4-9-28-15(3)19(20(25-28)26-12-22-23-13-26)24-21(30)16-10-18(29)27(11-16)17-7-5-14(2)6-8-17/h5-8,12-13,16H,4,9-11H2,1-3H3,(H,24,30). The lowest BCUT2D eigenvalue weighted by atomic mass is 10.1. The van der Waals surface area contributed by atoms with Gasteiger partial charge < -0.3 is 10.2 Å². The van der Waals surface area contributed by atoms with Gasteiger partial charge in [-0.25, -0.2) is 0 Å². The van der Waals surface area contributed by atoms with E-state index in [1.54, 1.807) is 22.1 Å². The first-order valence-corrected chi connectivity index (χ1v) is 10.1. The van der Waals surface area contributed by atoms with Gasteiger partial charge >= 0.3 is 0 Å². The number of benzene rings is 1. The summed E-state index contributed by atoms with van der Waals surface area (Å²) in [6.07, 6.45) is 4.20. The molecule has 0 spiro atoms. The number of amides is 2. The number of carbonyl (C=O) groups excluding carboxylic acids is 2. The van der Waals surface area contributed by atoms with Crippen LogP contribution in [0, 0.1) is 19.8 Å². The Morgan fingerprint density at radius 3 is 2.53 bits per heavy atom. The molecule has 4 rings (SSSR count). The Morgan fingerprint density at radius 1 is 1.17 bits per heavy atom. The molecule has 1 aliphatic heterocycles. The van der Waals surface area contributed by atoms with E-state index < -0.39 is 5.92 Å². The third-order valence-corrected chi connectivity index (χ3v) is 5.38. The van der Waals surface area contributed by atoms with E-state index in [4.69, 9.17) is 0 Å². The van der Waals surface area contributed by atoms with Crippen molar-refractivity contribution in [2.75, 3.05) is 16.8 Å². The summed E-state index contributed by atoms with van der Waals surface area (Å²) in [6.45, 7) is 7.09. The second kappa shape index (κ2) is 8.10. The highest BCUT2D eigenvalue weighted by Crippen LogP contribution is 2.29. The van der Waals surface area contributed by atoms with Gasteiger partial charge in [0.1, 0.15) is 18.3 Å². The van der Waals surface area contributed by atoms with Crippen molar-refractivity contribution in [2.24, 2.45) is 5.92 Å². The summed E-state index contributed by atoms with van der Waals surface area (Å²) >= 11 is 0. The Morgan fingerprint density at radius 2 is 1.87 bits per heavy atom. The van der Waals surface area contributed by atoms with Gasteiger partial charge in [0.25, 0.3) is 0 Å². The van der Waals surface area contributed by atoms with Crippen molar-refractivity contribution in [1.82, 2.24) is 24.5 Å². The molecule has 0 saturated carbocycles. The predicted molar refractivity (Wildman–Crippen MR) is 112 cm³/mol. The molecule has 1 N–H and O–H groups in total. The van der Waals surface area contributed by atoms with E-state index in [-0.39, 0.29) is 18.2 Å². The number of aromatic nitrogens is 5. The molecule has 1 aliphatic rings. The molecule has 30 heavy (non-hydrogen) atoms. The molecule has 1 fully saturated rings. The number of anilines is 2. The fraction of sp³-hybridized carbons (Fsp3) is 0.381. The van der Waals surface area contributed by atoms with Crippen molar-refractivity contribution >= 4 is 23.2 Å². The van der Waals surface area contributed by atoms with Crippen molar-refractivity contribution in [1.29, 1.82) is 0 Å². The zero-order valence-corrected chi connectivity index (χ0v) is 17.4. The minimum absolute atomic E-state index is 0.0450. The normalized spacial score (nSPS) is 16.3. The number of nitrogens with zero attached hydrogens (tertiary/aromatic N) is 6. The van der Waals surface area contributed by atoms with Crippen molar-refractivity contribution in [3.8, 4) is 5.82 Å². The van der Waals surface area contributed by atoms with Crippen LogP contribution in [-0.4, -0.2) is 42.9 Å². The van der Waals surface area contributed by atoms with E-state index in [1.807, 2.05) is 42.8 Å². The lowest BCUT2D eigenvalue weighted by Gasteiger charge is -2.17. The molecule has 9 heteroatoms. The van der Waals surface area contributed by atoms with E-state index in [1.165, 1.54) is 0 Å². The zero-order chi connectivity index (χ0) is 21.3. The Labute approximate surface area is 174 Å². The van der Waals surface area contributed by atoms with Gasteiger partial charge in [-0.15, -0.1) is 10.2 Å². The van der Waals surface area contributed by atoms with Crippen LogP contribution in [0.1, 0.15) is 31.0 Å². The molecule has 2 amide bonds. The summed E-state index contributed by atoms with van der Waals surface area (Å²) in [5.74, 6) is -0.0941. The van der Waals surface area contributed by atoms with Crippen LogP contribution in [0.5, 0.6) is 0 Å². The average Bonchev–Trinajstić information content (AvgIpc) is 3.45. The maximum absolute atomic E-state index is 13.1. The van der Waals surface area contributed by atoms with Gasteiger partial charge in [0.05, 0.1) is 11.6 Å². The van der Waals surface area contributed by atoms with Crippen LogP contribution >= 0.6 is 0 Å². The van der Waals surface area contributed by atoms with Crippen LogP contribution in [0.15, 0.2) is 36.9 Å². The van der Waals surface area contributed by atoms with Crippen molar-refractivity contribution in [3.63, 3.8) is 0 Å². The lowest BCUT2D eigenvalue weighted by molar-refractivity contribution is -0.122. The van der Waals surface area contributed by atoms with Crippen LogP contribution in [0.3, 0.4) is 0 Å². The first kappa shape index (κ1) is 19.8. The first-order valence-electron chi connectivity index (χ1n) is 10.1. The molecule has 1 saturated heterocycles. The first-order chi connectivity index (χ1) is 14.5. The molecule has 0 aliphatic carbocycles. The molecule has 156 valence electrons. The second-order valence-electron chi connectivity index (χ2n) is 7.61.